The Balaban J connectivity index is 2.22. The second kappa shape index (κ2) is 5.26. The van der Waals surface area contributed by atoms with Gasteiger partial charge in [-0.15, -0.1) is 0 Å². The van der Waals surface area contributed by atoms with E-state index in [-0.39, 0.29) is 5.78 Å². The molecule has 2 rings (SSSR count). The molecule has 0 spiro atoms. The lowest BCUT2D eigenvalue weighted by Gasteiger charge is -2.05. The predicted molar refractivity (Wildman–Crippen MR) is 69.7 cm³/mol. The van der Waals surface area contributed by atoms with Crippen molar-refractivity contribution in [3.05, 3.63) is 77.9 Å². The normalized spacial score (nSPS) is 9.88. The SMILES string of the molecule is [CH]=Cc1ccccc1CC(=O)c1ccccc1. The molecule has 2 aromatic carbocycles. The molecule has 0 atom stereocenters. The minimum absolute atomic E-state index is 0.111. The highest BCUT2D eigenvalue weighted by Crippen LogP contribution is 2.13. The first kappa shape index (κ1) is 11.3. The molecule has 0 amide bonds. The summed E-state index contributed by atoms with van der Waals surface area (Å²) < 4.78 is 0. The van der Waals surface area contributed by atoms with Crippen LogP contribution in [0.15, 0.2) is 54.6 Å². The Morgan fingerprint density at radius 1 is 1.00 bits per heavy atom. The summed E-state index contributed by atoms with van der Waals surface area (Å²) in [4.78, 5) is 12.0. The van der Waals surface area contributed by atoms with E-state index in [0.717, 1.165) is 16.7 Å². The molecule has 0 heterocycles. The summed E-state index contributed by atoms with van der Waals surface area (Å²) in [6.07, 6.45) is 1.92. The third-order valence-corrected chi connectivity index (χ3v) is 2.68. The van der Waals surface area contributed by atoms with Crippen molar-refractivity contribution in [3.8, 4) is 0 Å². The van der Waals surface area contributed by atoms with Crippen LogP contribution in [-0.4, -0.2) is 5.78 Å². The molecule has 0 saturated heterocycles. The van der Waals surface area contributed by atoms with Crippen molar-refractivity contribution < 1.29 is 4.79 Å². The van der Waals surface area contributed by atoms with Crippen molar-refractivity contribution in [2.75, 3.05) is 0 Å². The number of hydrogen-bond acceptors (Lipinski definition) is 1. The van der Waals surface area contributed by atoms with E-state index >= 15 is 0 Å². The highest BCUT2D eigenvalue weighted by molar-refractivity contribution is 5.97. The van der Waals surface area contributed by atoms with E-state index in [1.54, 1.807) is 0 Å². The van der Waals surface area contributed by atoms with Crippen LogP contribution < -0.4 is 0 Å². The average Bonchev–Trinajstić information content (AvgIpc) is 2.40. The second-order valence-corrected chi connectivity index (χ2v) is 3.83. The summed E-state index contributed by atoms with van der Waals surface area (Å²) in [5, 5.41) is 0. The summed E-state index contributed by atoms with van der Waals surface area (Å²) in [5.74, 6) is 0.111. The molecule has 0 aliphatic carbocycles. The zero-order valence-electron chi connectivity index (χ0n) is 9.47. The van der Waals surface area contributed by atoms with Gasteiger partial charge in [-0.3, -0.25) is 4.79 Å². The molecule has 0 N–H and O–H groups in total. The van der Waals surface area contributed by atoms with Gasteiger partial charge in [-0.05, 0) is 11.1 Å². The Bertz CT molecular complexity index is 526. The number of Topliss-reactive ketones (excluding diaryl/α,β-unsaturated/α-hetero) is 1. The molecule has 1 radical (unpaired) electrons. The summed E-state index contributed by atoms with van der Waals surface area (Å²) in [6, 6.07) is 17.0. The van der Waals surface area contributed by atoms with Crippen LogP contribution in [0.5, 0.6) is 0 Å². The average molecular weight is 221 g/mol. The quantitative estimate of drug-likeness (QED) is 0.721. The zero-order chi connectivity index (χ0) is 12.1. The topological polar surface area (TPSA) is 17.1 Å². The van der Waals surface area contributed by atoms with Gasteiger partial charge in [0.25, 0.3) is 0 Å². The van der Waals surface area contributed by atoms with Gasteiger partial charge in [-0.2, -0.15) is 0 Å². The lowest BCUT2D eigenvalue weighted by Crippen LogP contribution is -2.04. The monoisotopic (exact) mass is 221 g/mol. The highest BCUT2D eigenvalue weighted by Gasteiger charge is 2.08. The molecule has 0 saturated carbocycles. The van der Waals surface area contributed by atoms with E-state index in [2.05, 4.69) is 0 Å². The van der Waals surface area contributed by atoms with Crippen LogP contribution in [0.3, 0.4) is 0 Å². The van der Waals surface area contributed by atoms with Gasteiger partial charge in [-0.25, -0.2) is 0 Å². The van der Waals surface area contributed by atoms with Crippen molar-refractivity contribution in [3.63, 3.8) is 0 Å². The highest BCUT2D eigenvalue weighted by atomic mass is 16.1. The van der Waals surface area contributed by atoms with E-state index in [9.17, 15) is 4.79 Å². The Hall–Kier alpha value is -2.15. The van der Waals surface area contributed by atoms with Crippen LogP contribution in [0, 0.1) is 6.58 Å². The maximum absolute atomic E-state index is 12.0. The second-order valence-electron chi connectivity index (χ2n) is 3.83. The third-order valence-electron chi connectivity index (χ3n) is 2.68. The van der Waals surface area contributed by atoms with Crippen LogP contribution in [0.1, 0.15) is 21.5 Å². The van der Waals surface area contributed by atoms with Crippen LogP contribution in [0.2, 0.25) is 0 Å². The van der Waals surface area contributed by atoms with Gasteiger partial charge in [0.1, 0.15) is 0 Å². The Labute approximate surface area is 101 Å². The Morgan fingerprint density at radius 3 is 2.35 bits per heavy atom. The number of benzene rings is 2. The van der Waals surface area contributed by atoms with Gasteiger partial charge in [-0.1, -0.05) is 67.3 Å². The van der Waals surface area contributed by atoms with E-state index < -0.39 is 0 Å². The molecule has 1 nitrogen and oxygen atoms in total. The van der Waals surface area contributed by atoms with Gasteiger partial charge < -0.3 is 0 Å². The standard InChI is InChI=1S/C16H13O/c1-2-13-8-6-7-11-15(13)12-16(17)14-9-4-3-5-10-14/h1-11H,12H2. The number of ketones is 1. The van der Waals surface area contributed by atoms with Gasteiger partial charge in [0, 0.05) is 12.0 Å². The maximum atomic E-state index is 12.0. The minimum Gasteiger partial charge on any atom is -0.294 e. The van der Waals surface area contributed by atoms with Crippen LogP contribution >= 0.6 is 0 Å². The molecular weight excluding hydrogens is 208 g/mol. The largest absolute Gasteiger partial charge is 0.294 e. The minimum atomic E-state index is 0.111. The number of carbonyl (C=O) groups excluding carboxylic acids is 1. The summed E-state index contributed by atoms with van der Waals surface area (Å²) >= 11 is 0. The molecular formula is C16H13O. The molecule has 83 valence electrons. The summed E-state index contributed by atoms with van der Waals surface area (Å²) in [5.41, 5.74) is 2.61. The van der Waals surface area contributed by atoms with Crippen LogP contribution in [0.25, 0.3) is 6.08 Å². The van der Waals surface area contributed by atoms with Crippen molar-refractivity contribution in [1.29, 1.82) is 0 Å². The summed E-state index contributed by atoms with van der Waals surface area (Å²) in [7, 11) is 0. The Kier molecular flexibility index (Phi) is 3.51. The fraction of sp³-hybridized carbons (Fsp3) is 0.0625. The first-order valence-corrected chi connectivity index (χ1v) is 5.52. The molecule has 0 aliphatic rings. The lowest BCUT2D eigenvalue weighted by molar-refractivity contribution is 0.0993. The summed E-state index contributed by atoms with van der Waals surface area (Å²) in [6.45, 7) is 5.53. The Morgan fingerprint density at radius 2 is 1.65 bits per heavy atom. The van der Waals surface area contributed by atoms with Crippen molar-refractivity contribution in [2.45, 2.75) is 6.42 Å². The fourth-order valence-electron chi connectivity index (χ4n) is 1.76. The molecule has 1 heteroatoms. The number of rotatable bonds is 4. The van der Waals surface area contributed by atoms with E-state index in [4.69, 9.17) is 6.58 Å². The van der Waals surface area contributed by atoms with Gasteiger partial charge in [0.15, 0.2) is 5.78 Å². The first-order valence-electron chi connectivity index (χ1n) is 5.52. The molecule has 0 aromatic heterocycles. The molecule has 0 bridgehead atoms. The molecule has 0 unspecified atom stereocenters. The van der Waals surface area contributed by atoms with Crippen molar-refractivity contribution in [2.24, 2.45) is 0 Å². The molecule has 0 aliphatic heterocycles. The maximum Gasteiger partial charge on any atom is 0.167 e. The van der Waals surface area contributed by atoms with Crippen LogP contribution in [-0.2, 0) is 6.42 Å². The van der Waals surface area contributed by atoms with Crippen LogP contribution in [0.4, 0.5) is 0 Å². The zero-order valence-corrected chi connectivity index (χ0v) is 9.47. The number of hydrogen-bond donors (Lipinski definition) is 0. The van der Waals surface area contributed by atoms with Gasteiger partial charge >= 0.3 is 0 Å². The first-order chi connectivity index (χ1) is 8.31. The predicted octanol–water partition coefficient (Wildman–Crippen LogP) is 3.56. The number of carbonyl (C=O) groups is 1. The molecule has 2 aromatic rings. The van der Waals surface area contributed by atoms with E-state index in [1.165, 1.54) is 6.08 Å². The molecule has 17 heavy (non-hydrogen) atoms. The van der Waals surface area contributed by atoms with Gasteiger partial charge in [0.05, 0.1) is 0 Å². The fourth-order valence-corrected chi connectivity index (χ4v) is 1.76. The van der Waals surface area contributed by atoms with Gasteiger partial charge in [0.2, 0.25) is 0 Å². The molecule has 0 fully saturated rings. The lowest BCUT2D eigenvalue weighted by atomic mass is 9.99. The van der Waals surface area contributed by atoms with Crippen molar-refractivity contribution >= 4 is 11.9 Å². The smallest absolute Gasteiger partial charge is 0.167 e. The van der Waals surface area contributed by atoms with E-state index in [0.29, 0.717) is 6.42 Å². The van der Waals surface area contributed by atoms with Crippen molar-refractivity contribution in [1.82, 2.24) is 0 Å². The van der Waals surface area contributed by atoms with E-state index in [1.807, 2.05) is 54.6 Å². The third kappa shape index (κ3) is 2.70.